The first-order valence-corrected chi connectivity index (χ1v) is 12.0. The summed E-state index contributed by atoms with van der Waals surface area (Å²) < 4.78 is 56.0. The number of piperidine rings is 1. The van der Waals surface area contributed by atoms with E-state index >= 15 is 0 Å². The molecule has 0 bridgehead atoms. The first-order chi connectivity index (χ1) is 11.4. The molecule has 10 heteroatoms. The van der Waals surface area contributed by atoms with Gasteiger partial charge in [0, 0.05) is 13.1 Å². The van der Waals surface area contributed by atoms with Crippen molar-refractivity contribution in [2.45, 2.75) is 21.3 Å². The Hall–Kier alpha value is -0.780. The highest BCUT2D eigenvalue weighted by molar-refractivity contribution is 7.91. The molecule has 0 N–H and O–H groups in total. The Morgan fingerprint density at radius 2 is 1.58 bits per heavy atom. The number of nitrogens with zero attached hydrogens (tertiary/aromatic N) is 1. The SMILES string of the molecule is O=S(=O)(OCC1CCN(S(=O)(=O)c2cccs2)CC1)c1cccs1. The van der Waals surface area contributed by atoms with E-state index < -0.39 is 20.1 Å². The Balaban J connectivity index is 1.54. The van der Waals surface area contributed by atoms with Gasteiger partial charge in [0.1, 0.15) is 8.42 Å². The molecule has 0 aliphatic carbocycles. The zero-order valence-electron chi connectivity index (χ0n) is 12.7. The molecular weight excluding hydrogens is 390 g/mol. The highest BCUT2D eigenvalue weighted by Crippen LogP contribution is 2.27. The molecule has 132 valence electrons. The van der Waals surface area contributed by atoms with Gasteiger partial charge in [-0.3, -0.25) is 4.18 Å². The lowest BCUT2D eigenvalue weighted by Gasteiger charge is -2.30. The van der Waals surface area contributed by atoms with Crippen LogP contribution in [-0.2, 0) is 24.3 Å². The van der Waals surface area contributed by atoms with E-state index in [1.165, 1.54) is 21.7 Å². The fourth-order valence-electron chi connectivity index (χ4n) is 2.50. The molecule has 0 aromatic carbocycles. The minimum atomic E-state index is -3.71. The van der Waals surface area contributed by atoms with Gasteiger partial charge in [0.2, 0.25) is 0 Å². The predicted molar refractivity (Wildman–Crippen MR) is 93.3 cm³/mol. The van der Waals surface area contributed by atoms with Crippen LogP contribution in [0.25, 0.3) is 0 Å². The van der Waals surface area contributed by atoms with E-state index in [2.05, 4.69) is 0 Å². The third kappa shape index (κ3) is 3.89. The number of hydrogen-bond donors (Lipinski definition) is 0. The van der Waals surface area contributed by atoms with Gasteiger partial charge in [0.05, 0.1) is 6.61 Å². The van der Waals surface area contributed by atoms with Gasteiger partial charge in [-0.2, -0.15) is 12.7 Å². The maximum atomic E-state index is 12.4. The lowest BCUT2D eigenvalue weighted by Crippen LogP contribution is -2.39. The van der Waals surface area contributed by atoms with Crippen LogP contribution in [0.5, 0.6) is 0 Å². The van der Waals surface area contributed by atoms with Crippen molar-refractivity contribution in [3.63, 3.8) is 0 Å². The normalized spacial score (nSPS) is 18.0. The fourth-order valence-corrected chi connectivity index (χ4v) is 7.08. The molecule has 0 unspecified atom stereocenters. The molecule has 0 saturated carbocycles. The van der Waals surface area contributed by atoms with Crippen molar-refractivity contribution < 1.29 is 21.0 Å². The standard InChI is InChI=1S/C14H17NO5S4/c16-23(17,13-3-1-9-21-13)15-7-5-12(6-8-15)11-20-24(18,19)14-4-2-10-22-14/h1-4,9-10,12H,5-8,11H2. The Labute approximate surface area is 149 Å². The summed E-state index contributed by atoms with van der Waals surface area (Å²) in [5.41, 5.74) is 0. The molecule has 0 atom stereocenters. The van der Waals surface area contributed by atoms with Gasteiger partial charge in [0.25, 0.3) is 10.0 Å². The van der Waals surface area contributed by atoms with Gasteiger partial charge in [-0.15, -0.1) is 22.7 Å². The topological polar surface area (TPSA) is 80.8 Å². The first kappa shape index (κ1) is 18.0. The molecule has 3 rings (SSSR count). The third-order valence-electron chi connectivity index (χ3n) is 3.86. The molecule has 1 saturated heterocycles. The Kier molecular flexibility index (Phi) is 5.42. The summed E-state index contributed by atoms with van der Waals surface area (Å²) in [6, 6.07) is 6.49. The zero-order valence-corrected chi connectivity index (χ0v) is 16.0. The summed E-state index contributed by atoms with van der Waals surface area (Å²) in [5, 5.41) is 3.42. The first-order valence-electron chi connectivity index (χ1n) is 7.36. The minimum absolute atomic E-state index is 0.0366. The molecule has 6 nitrogen and oxygen atoms in total. The predicted octanol–water partition coefficient (Wildman–Crippen LogP) is 2.62. The lowest BCUT2D eigenvalue weighted by atomic mass is 10.00. The van der Waals surface area contributed by atoms with E-state index in [9.17, 15) is 16.8 Å². The van der Waals surface area contributed by atoms with Crippen LogP contribution in [0.2, 0.25) is 0 Å². The van der Waals surface area contributed by atoms with Gasteiger partial charge in [-0.25, -0.2) is 8.42 Å². The van der Waals surface area contributed by atoms with Gasteiger partial charge < -0.3 is 0 Å². The van der Waals surface area contributed by atoms with Gasteiger partial charge in [0.15, 0.2) is 0 Å². The molecule has 0 spiro atoms. The summed E-state index contributed by atoms with van der Waals surface area (Å²) in [5.74, 6) is 0.0366. The quantitative estimate of drug-likeness (QED) is 0.688. The molecule has 0 radical (unpaired) electrons. The summed E-state index contributed by atoms with van der Waals surface area (Å²) >= 11 is 2.32. The van der Waals surface area contributed by atoms with Crippen molar-refractivity contribution in [1.29, 1.82) is 0 Å². The van der Waals surface area contributed by atoms with Crippen LogP contribution >= 0.6 is 22.7 Å². The molecule has 2 aromatic rings. The van der Waals surface area contributed by atoms with Gasteiger partial charge in [-0.05, 0) is 41.7 Å². The summed E-state index contributed by atoms with van der Waals surface area (Å²) in [4.78, 5) is 0. The van der Waals surface area contributed by atoms with Crippen molar-refractivity contribution in [1.82, 2.24) is 4.31 Å². The van der Waals surface area contributed by atoms with Gasteiger partial charge >= 0.3 is 10.1 Å². The average Bonchev–Trinajstić information content (AvgIpc) is 3.26. The van der Waals surface area contributed by atoms with Crippen molar-refractivity contribution in [3.05, 3.63) is 35.0 Å². The van der Waals surface area contributed by atoms with Crippen molar-refractivity contribution in [2.75, 3.05) is 19.7 Å². The Morgan fingerprint density at radius 1 is 1.00 bits per heavy atom. The van der Waals surface area contributed by atoms with Crippen molar-refractivity contribution >= 4 is 42.8 Å². The second kappa shape index (κ2) is 7.22. The average molecular weight is 408 g/mol. The second-order valence-corrected chi connectivity index (χ2v) is 11.4. The molecule has 3 heterocycles. The zero-order chi connectivity index (χ0) is 17.2. The van der Waals surface area contributed by atoms with Gasteiger partial charge in [-0.1, -0.05) is 12.1 Å². The molecule has 1 aliphatic rings. The van der Waals surface area contributed by atoms with Crippen molar-refractivity contribution in [3.8, 4) is 0 Å². The van der Waals surface area contributed by atoms with E-state index in [1.807, 2.05) is 0 Å². The maximum absolute atomic E-state index is 12.4. The van der Waals surface area contributed by atoms with Crippen LogP contribution in [0.15, 0.2) is 43.4 Å². The summed E-state index contributed by atoms with van der Waals surface area (Å²) in [6.07, 6.45) is 1.18. The highest BCUT2D eigenvalue weighted by atomic mass is 32.3. The minimum Gasteiger partial charge on any atom is -0.265 e. The van der Waals surface area contributed by atoms with E-state index in [-0.39, 0.29) is 16.7 Å². The van der Waals surface area contributed by atoms with E-state index in [0.717, 1.165) is 11.3 Å². The number of sulfonamides is 1. The van der Waals surface area contributed by atoms with E-state index in [1.54, 1.807) is 29.0 Å². The van der Waals surface area contributed by atoms with Crippen LogP contribution < -0.4 is 0 Å². The van der Waals surface area contributed by atoms with Crippen LogP contribution in [0.1, 0.15) is 12.8 Å². The third-order valence-corrected chi connectivity index (χ3v) is 9.77. The molecule has 1 fully saturated rings. The van der Waals surface area contributed by atoms with E-state index in [0.29, 0.717) is 30.1 Å². The monoisotopic (exact) mass is 407 g/mol. The Bertz CT molecular complexity index is 848. The Morgan fingerprint density at radius 3 is 2.12 bits per heavy atom. The number of hydrogen-bond acceptors (Lipinski definition) is 7. The van der Waals surface area contributed by atoms with Crippen LogP contribution in [0.3, 0.4) is 0 Å². The maximum Gasteiger partial charge on any atom is 0.306 e. The summed E-state index contributed by atoms with van der Waals surface area (Å²) in [7, 11) is -7.13. The van der Waals surface area contributed by atoms with Crippen LogP contribution in [0.4, 0.5) is 0 Å². The highest BCUT2D eigenvalue weighted by Gasteiger charge is 2.31. The molecular formula is C14H17NO5S4. The number of rotatable bonds is 6. The molecule has 1 aliphatic heterocycles. The van der Waals surface area contributed by atoms with E-state index in [4.69, 9.17) is 4.18 Å². The number of thiophene rings is 2. The largest absolute Gasteiger partial charge is 0.306 e. The second-order valence-electron chi connectivity index (χ2n) is 5.45. The molecule has 0 amide bonds. The van der Waals surface area contributed by atoms with Crippen LogP contribution in [0, 0.1) is 5.92 Å². The fraction of sp³-hybridized carbons (Fsp3) is 0.429. The molecule has 24 heavy (non-hydrogen) atoms. The summed E-state index contributed by atoms with van der Waals surface area (Å²) in [6.45, 7) is 0.855. The van der Waals surface area contributed by atoms with Crippen LogP contribution in [-0.4, -0.2) is 40.8 Å². The lowest BCUT2D eigenvalue weighted by molar-refractivity contribution is 0.190. The molecule has 2 aromatic heterocycles. The van der Waals surface area contributed by atoms with Crippen molar-refractivity contribution in [2.24, 2.45) is 5.92 Å². The smallest absolute Gasteiger partial charge is 0.265 e.